The normalized spacial score (nSPS) is 18.0. The number of piperazine rings is 1. The van der Waals surface area contributed by atoms with Gasteiger partial charge in [-0.1, -0.05) is 34.1 Å². The molecule has 0 aromatic heterocycles. The summed E-state index contributed by atoms with van der Waals surface area (Å²) in [4.78, 5) is 28.4. The molecule has 2 amide bonds. The number of hydrogen-bond acceptors (Lipinski definition) is 2. The minimum absolute atomic E-state index is 0.00643. The average Bonchev–Trinajstić information content (AvgIpc) is 2.57. The van der Waals surface area contributed by atoms with Crippen LogP contribution in [0, 0.1) is 5.82 Å². The number of nitrogens with zero attached hydrogens (tertiary/aromatic N) is 2. The van der Waals surface area contributed by atoms with Crippen LogP contribution >= 0.6 is 15.9 Å². The fourth-order valence-electron chi connectivity index (χ4n) is 2.84. The quantitative estimate of drug-likeness (QED) is 0.787. The molecule has 2 aromatic rings. The van der Waals surface area contributed by atoms with Gasteiger partial charge in [0.05, 0.1) is 5.56 Å². The highest BCUT2D eigenvalue weighted by molar-refractivity contribution is 9.10. The third-order valence-electron chi connectivity index (χ3n) is 4.14. The molecule has 124 valence electrons. The first-order valence-corrected chi connectivity index (χ1v) is 8.41. The van der Waals surface area contributed by atoms with Crippen LogP contribution in [-0.2, 0) is 4.79 Å². The summed E-state index contributed by atoms with van der Waals surface area (Å²) in [6.45, 7) is 2.40. The summed E-state index contributed by atoms with van der Waals surface area (Å²) < 4.78 is 14.7. The highest BCUT2D eigenvalue weighted by atomic mass is 79.9. The standard InChI is InChI=1S/C18H16BrFN2O2/c1-12-17(23)22(14-6-4-5-13(19)11-14)10-9-21(12)18(24)15-7-2-3-8-16(15)20/h2-8,11-12H,9-10H2,1H3. The number of hydrogen-bond donors (Lipinski definition) is 0. The van der Waals surface area contributed by atoms with E-state index in [1.54, 1.807) is 17.9 Å². The largest absolute Gasteiger partial charge is 0.325 e. The molecule has 3 rings (SSSR count). The second-order valence-electron chi connectivity index (χ2n) is 5.62. The SMILES string of the molecule is CC1C(=O)N(c2cccc(Br)c2)CCN1C(=O)c1ccccc1F. The van der Waals surface area contributed by atoms with Crippen molar-refractivity contribution in [2.75, 3.05) is 18.0 Å². The van der Waals surface area contributed by atoms with Crippen molar-refractivity contribution in [3.8, 4) is 0 Å². The first kappa shape index (κ1) is 16.6. The van der Waals surface area contributed by atoms with Crippen molar-refractivity contribution < 1.29 is 14.0 Å². The monoisotopic (exact) mass is 390 g/mol. The topological polar surface area (TPSA) is 40.6 Å². The molecule has 0 bridgehead atoms. The summed E-state index contributed by atoms with van der Waals surface area (Å²) in [5.41, 5.74) is 0.771. The van der Waals surface area contributed by atoms with E-state index in [9.17, 15) is 14.0 Å². The predicted molar refractivity (Wildman–Crippen MR) is 93.4 cm³/mol. The van der Waals surface area contributed by atoms with Crippen molar-refractivity contribution in [2.45, 2.75) is 13.0 Å². The summed E-state index contributed by atoms with van der Waals surface area (Å²) in [5, 5.41) is 0. The average molecular weight is 391 g/mol. The van der Waals surface area contributed by atoms with E-state index >= 15 is 0 Å². The molecule has 2 aromatic carbocycles. The van der Waals surface area contributed by atoms with Crippen molar-refractivity contribution in [1.29, 1.82) is 0 Å². The molecule has 1 heterocycles. The fraction of sp³-hybridized carbons (Fsp3) is 0.222. The molecule has 6 heteroatoms. The Bertz CT molecular complexity index is 796. The molecule has 0 aliphatic carbocycles. The Balaban J connectivity index is 1.83. The van der Waals surface area contributed by atoms with Gasteiger partial charge in [0.15, 0.2) is 0 Å². The molecule has 1 saturated heterocycles. The number of amides is 2. The number of benzene rings is 2. The maximum absolute atomic E-state index is 13.9. The molecule has 0 saturated carbocycles. The molecule has 4 nitrogen and oxygen atoms in total. The van der Waals surface area contributed by atoms with Crippen molar-refractivity contribution in [2.24, 2.45) is 0 Å². The van der Waals surface area contributed by atoms with Crippen LogP contribution in [0.3, 0.4) is 0 Å². The smallest absolute Gasteiger partial charge is 0.257 e. The molecule has 0 spiro atoms. The Kier molecular flexibility index (Phi) is 4.66. The van der Waals surface area contributed by atoms with Crippen LogP contribution in [0.2, 0.25) is 0 Å². The number of halogens is 2. The summed E-state index contributed by atoms with van der Waals surface area (Å²) in [6.07, 6.45) is 0. The second-order valence-corrected chi connectivity index (χ2v) is 6.54. The van der Waals surface area contributed by atoms with E-state index in [0.717, 1.165) is 10.2 Å². The van der Waals surface area contributed by atoms with Gasteiger partial charge in [0.2, 0.25) is 5.91 Å². The van der Waals surface area contributed by atoms with Crippen LogP contribution < -0.4 is 4.90 Å². The molecule has 0 N–H and O–H groups in total. The van der Waals surface area contributed by atoms with Crippen molar-refractivity contribution in [3.05, 3.63) is 64.4 Å². The second kappa shape index (κ2) is 6.73. The van der Waals surface area contributed by atoms with Gasteiger partial charge in [-0.05, 0) is 37.3 Å². The van der Waals surface area contributed by atoms with Gasteiger partial charge < -0.3 is 9.80 Å². The summed E-state index contributed by atoms with van der Waals surface area (Å²) in [5.74, 6) is -1.21. The Morgan fingerprint density at radius 1 is 1.17 bits per heavy atom. The van der Waals surface area contributed by atoms with Gasteiger partial charge in [0.1, 0.15) is 11.9 Å². The van der Waals surface area contributed by atoms with E-state index in [1.807, 2.05) is 24.3 Å². The van der Waals surface area contributed by atoms with Crippen molar-refractivity contribution in [3.63, 3.8) is 0 Å². The highest BCUT2D eigenvalue weighted by Gasteiger charge is 2.36. The Hall–Kier alpha value is -2.21. The molecule has 1 fully saturated rings. The van der Waals surface area contributed by atoms with Gasteiger partial charge in [-0.2, -0.15) is 0 Å². The zero-order valence-electron chi connectivity index (χ0n) is 13.1. The van der Waals surface area contributed by atoms with Crippen LogP contribution in [-0.4, -0.2) is 35.8 Å². The third-order valence-corrected chi connectivity index (χ3v) is 4.63. The summed E-state index contributed by atoms with van der Waals surface area (Å²) in [7, 11) is 0. The highest BCUT2D eigenvalue weighted by Crippen LogP contribution is 2.24. The Labute approximate surface area is 148 Å². The van der Waals surface area contributed by atoms with Crippen molar-refractivity contribution >= 4 is 33.4 Å². The maximum Gasteiger partial charge on any atom is 0.257 e. The van der Waals surface area contributed by atoms with E-state index < -0.39 is 17.8 Å². The zero-order chi connectivity index (χ0) is 17.3. The molecule has 1 aliphatic rings. The number of rotatable bonds is 2. The van der Waals surface area contributed by atoms with Crippen LogP contribution in [0.5, 0.6) is 0 Å². The van der Waals surface area contributed by atoms with Gasteiger partial charge in [0.25, 0.3) is 5.91 Å². The zero-order valence-corrected chi connectivity index (χ0v) is 14.7. The molecular formula is C18H16BrFN2O2. The lowest BCUT2D eigenvalue weighted by Crippen LogP contribution is -2.57. The van der Waals surface area contributed by atoms with E-state index in [1.165, 1.54) is 23.1 Å². The van der Waals surface area contributed by atoms with Gasteiger partial charge in [0, 0.05) is 23.2 Å². The molecule has 24 heavy (non-hydrogen) atoms. The first-order valence-electron chi connectivity index (χ1n) is 7.61. The lowest BCUT2D eigenvalue weighted by Gasteiger charge is -2.39. The summed E-state index contributed by atoms with van der Waals surface area (Å²) in [6, 6.07) is 12.6. The van der Waals surface area contributed by atoms with Crippen LogP contribution in [0.15, 0.2) is 53.0 Å². The van der Waals surface area contributed by atoms with E-state index in [2.05, 4.69) is 15.9 Å². The van der Waals surface area contributed by atoms with Crippen LogP contribution in [0.1, 0.15) is 17.3 Å². The number of anilines is 1. The van der Waals surface area contributed by atoms with Crippen LogP contribution in [0.4, 0.5) is 10.1 Å². The molecule has 1 aliphatic heterocycles. The van der Waals surface area contributed by atoms with Gasteiger partial charge in [-0.15, -0.1) is 0 Å². The predicted octanol–water partition coefficient (Wildman–Crippen LogP) is 3.47. The maximum atomic E-state index is 13.9. The number of carbonyl (C=O) groups excluding carboxylic acids is 2. The van der Waals surface area contributed by atoms with Crippen molar-refractivity contribution in [1.82, 2.24) is 4.90 Å². The Morgan fingerprint density at radius 2 is 1.92 bits per heavy atom. The minimum Gasteiger partial charge on any atom is -0.325 e. The number of carbonyl (C=O) groups is 2. The summed E-state index contributed by atoms with van der Waals surface area (Å²) >= 11 is 3.39. The molecule has 0 radical (unpaired) electrons. The molecule has 1 unspecified atom stereocenters. The van der Waals surface area contributed by atoms with E-state index in [4.69, 9.17) is 0 Å². The fourth-order valence-corrected chi connectivity index (χ4v) is 3.22. The van der Waals surface area contributed by atoms with Gasteiger partial charge in [-0.25, -0.2) is 4.39 Å². The Morgan fingerprint density at radius 3 is 2.62 bits per heavy atom. The van der Waals surface area contributed by atoms with Crippen LogP contribution in [0.25, 0.3) is 0 Å². The van der Waals surface area contributed by atoms with Gasteiger partial charge >= 0.3 is 0 Å². The van der Waals surface area contributed by atoms with E-state index in [-0.39, 0.29) is 11.5 Å². The molecular weight excluding hydrogens is 375 g/mol. The lowest BCUT2D eigenvalue weighted by atomic mass is 10.1. The molecule has 1 atom stereocenters. The van der Waals surface area contributed by atoms with E-state index in [0.29, 0.717) is 13.1 Å². The lowest BCUT2D eigenvalue weighted by molar-refractivity contribution is -0.124. The minimum atomic E-state index is -0.648. The first-order chi connectivity index (χ1) is 11.5. The van der Waals surface area contributed by atoms with Gasteiger partial charge in [-0.3, -0.25) is 9.59 Å². The third kappa shape index (κ3) is 3.06.